The summed E-state index contributed by atoms with van der Waals surface area (Å²) in [7, 11) is 1.33. The normalized spacial score (nSPS) is 19.2. The van der Waals surface area contributed by atoms with Gasteiger partial charge in [0, 0.05) is 18.2 Å². The molecule has 2 amide bonds. The number of rotatable bonds is 7. The molecular formula is C23H26N2O4S. The van der Waals surface area contributed by atoms with Gasteiger partial charge in [-0.1, -0.05) is 48.5 Å². The topological polar surface area (TPSA) is 75.7 Å². The van der Waals surface area contributed by atoms with E-state index >= 15 is 0 Å². The van der Waals surface area contributed by atoms with Crippen LogP contribution in [0.2, 0.25) is 0 Å². The van der Waals surface area contributed by atoms with Crippen LogP contribution in [0.1, 0.15) is 25.3 Å². The highest BCUT2D eigenvalue weighted by molar-refractivity contribution is 8.00. The van der Waals surface area contributed by atoms with Crippen molar-refractivity contribution in [2.24, 2.45) is 0 Å². The minimum Gasteiger partial charge on any atom is -0.467 e. The summed E-state index contributed by atoms with van der Waals surface area (Å²) in [5, 5.41) is 2.56. The van der Waals surface area contributed by atoms with Crippen molar-refractivity contribution in [2.75, 3.05) is 7.11 Å². The molecule has 1 aliphatic rings. The molecule has 0 spiro atoms. The van der Waals surface area contributed by atoms with Crippen LogP contribution in [0.15, 0.2) is 65.6 Å². The first-order chi connectivity index (χ1) is 14.5. The van der Waals surface area contributed by atoms with E-state index in [1.54, 1.807) is 16.7 Å². The van der Waals surface area contributed by atoms with E-state index in [4.69, 9.17) is 4.74 Å². The molecule has 0 saturated carbocycles. The fraction of sp³-hybridized carbons (Fsp3) is 0.348. The lowest BCUT2D eigenvalue weighted by Crippen LogP contribution is -2.54. The van der Waals surface area contributed by atoms with Gasteiger partial charge in [-0.25, -0.2) is 4.79 Å². The quantitative estimate of drug-likeness (QED) is 0.689. The van der Waals surface area contributed by atoms with Crippen LogP contribution in [-0.2, 0) is 25.5 Å². The molecule has 7 heteroatoms. The van der Waals surface area contributed by atoms with Gasteiger partial charge in [-0.05, 0) is 30.5 Å². The summed E-state index contributed by atoms with van der Waals surface area (Å²) < 4.78 is 4.96. The number of hydrogen-bond acceptors (Lipinski definition) is 5. The molecule has 1 unspecified atom stereocenters. The molecule has 1 saturated heterocycles. The third-order valence-electron chi connectivity index (χ3n) is 5.03. The molecule has 1 heterocycles. The summed E-state index contributed by atoms with van der Waals surface area (Å²) in [6.07, 6.45) is 1.55. The number of ether oxygens (including phenoxy) is 1. The van der Waals surface area contributed by atoms with E-state index in [1.165, 1.54) is 14.0 Å². The maximum absolute atomic E-state index is 13.6. The van der Waals surface area contributed by atoms with Crippen LogP contribution < -0.4 is 5.32 Å². The van der Waals surface area contributed by atoms with E-state index in [9.17, 15) is 14.4 Å². The Hall–Kier alpha value is -2.80. The molecule has 30 heavy (non-hydrogen) atoms. The van der Waals surface area contributed by atoms with Gasteiger partial charge < -0.3 is 15.0 Å². The zero-order valence-electron chi connectivity index (χ0n) is 17.1. The SMILES string of the molecule is COC(=O)[C@@H]1CCC(Sc2ccccc2)N1C(=O)[C@H](Cc1ccccc1)NC(C)=O. The van der Waals surface area contributed by atoms with E-state index in [-0.39, 0.29) is 17.2 Å². The van der Waals surface area contributed by atoms with Crippen molar-refractivity contribution in [3.63, 3.8) is 0 Å². The van der Waals surface area contributed by atoms with Crippen LogP contribution in [0, 0.1) is 0 Å². The molecule has 3 rings (SSSR count). The van der Waals surface area contributed by atoms with Crippen LogP contribution in [-0.4, -0.2) is 47.3 Å². The van der Waals surface area contributed by atoms with E-state index < -0.39 is 18.1 Å². The van der Waals surface area contributed by atoms with Crippen molar-refractivity contribution in [2.45, 2.75) is 48.5 Å². The lowest BCUT2D eigenvalue weighted by atomic mass is 10.0. The van der Waals surface area contributed by atoms with Crippen molar-refractivity contribution < 1.29 is 19.1 Å². The highest BCUT2D eigenvalue weighted by Gasteiger charge is 2.44. The molecule has 2 aromatic rings. The predicted octanol–water partition coefficient (Wildman–Crippen LogP) is 3.02. The summed E-state index contributed by atoms with van der Waals surface area (Å²) in [6, 6.07) is 17.9. The van der Waals surface area contributed by atoms with Crippen molar-refractivity contribution in [1.29, 1.82) is 0 Å². The average molecular weight is 427 g/mol. The summed E-state index contributed by atoms with van der Waals surface area (Å²) in [4.78, 5) is 40.5. The minimum absolute atomic E-state index is 0.212. The first-order valence-corrected chi connectivity index (χ1v) is 10.8. The number of thioether (sulfide) groups is 1. The second-order valence-electron chi connectivity index (χ2n) is 7.19. The van der Waals surface area contributed by atoms with Crippen LogP contribution in [0.4, 0.5) is 0 Å². The number of esters is 1. The Kier molecular flexibility index (Phi) is 7.52. The van der Waals surface area contributed by atoms with Gasteiger partial charge in [0.1, 0.15) is 12.1 Å². The molecule has 0 bridgehead atoms. The second-order valence-corrected chi connectivity index (χ2v) is 8.44. The van der Waals surface area contributed by atoms with Gasteiger partial charge in [0.25, 0.3) is 0 Å². The molecule has 0 aliphatic carbocycles. The molecule has 2 aromatic carbocycles. The standard InChI is InChI=1S/C23H26N2O4S/c1-16(26)24-19(15-17-9-5-3-6-10-17)22(27)25-20(23(28)29-2)13-14-21(25)30-18-11-7-4-8-12-18/h3-12,19-21H,13-15H2,1-2H3,(H,24,26)/t19-,20-,21?/m0/s1. The van der Waals surface area contributed by atoms with Gasteiger partial charge in [0.15, 0.2) is 0 Å². The predicted molar refractivity (Wildman–Crippen MR) is 116 cm³/mol. The molecular weight excluding hydrogens is 400 g/mol. The maximum atomic E-state index is 13.6. The van der Waals surface area contributed by atoms with Gasteiger partial charge in [-0.15, -0.1) is 11.8 Å². The Bertz CT molecular complexity index is 875. The monoisotopic (exact) mass is 426 g/mol. The first kappa shape index (κ1) is 21.9. The number of likely N-dealkylation sites (tertiary alicyclic amines) is 1. The van der Waals surface area contributed by atoms with E-state index in [2.05, 4.69) is 5.32 Å². The average Bonchev–Trinajstić information content (AvgIpc) is 3.16. The van der Waals surface area contributed by atoms with Crippen LogP contribution in [0.5, 0.6) is 0 Å². The lowest BCUT2D eigenvalue weighted by Gasteiger charge is -2.32. The van der Waals surface area contributed by atoms with Gasteiger partial charge in [-0.3, -0.25) is 9.59 Å². The number of amides is 2. The van der Waals surface area contributed by atoms with Crippen molar-refractivity contribution in [1.82, 2.24) is 10.2 Å². The number of nitrogens with zero attached hydrogens (tertiary/aromatic N) is 1. The Balaban J connectivity index is 1.87. The van der Waals surface area contributed by atoms with E-state index in [0.717, 1.165) is 10.5 Å². The molecule has 0 aromatic heterocycles. The molecule has 1 N–H and O–H groups in total. The number of hydrogen-bond donors (Lipinski definition) is 1. The minimum atomic E-state index is -0.756. The Labute approximate surface area is 181 Å². The second kappa shape index (κ2) is 10.3. The first-order valence-electron chi connectivity index (χ1n) is 9.92. The fourth-order valence-electron chi connectivity index (χ4n) is 3.69. The summed E-state index contributed by atoms with van der Waals surface area (Å²) in [5.74, 6) is -0.985. The van der Waals surface area contributed by atoms with Crippen LogP contribution in [0.25, 0.3) is 0 Å². The van der Waals surface area contributed by atoms with Gasteiger partial charge in [0.05, 0.1) is 12.5 Å². The third kappa shape index (κ3) is 5.42. The van der Waals surface area contributed by atoms with Gasteiger partial charge in [0.2, 0.25) is 11.8 Å². The van der Waals surface area contributed by atoms with Crippen LogP contribution in [0.3, 0.4) is 0 Å². The number of methoxy groups -OCH3 is 1. The molecule has 0 radical (unpaired) electrons. The van der Waals surface area contributed by atoms with Crippen molar-refractivity contribution in [3.8, 4) is 0 Å². The number of carbonyl (C=O) groups is 3. The Morgan fingerprint density at radius 1 is 1.07 bits per heavy atom. The molecule has 6 nitrogen and oxygen atoms in total. The molecule has 3 atom stereocenters. The van der Waals surface area contributed by atoms with Crippen molar-refractivity contribution in [3.05, 3.63) is 66.2 Å². The van der Waals surface area contributed by atoms with E-state index in [1.807, 2.05) is 60.7 Å². The zero-order chi connectivity index (χ0) is 21.5. The van der Waals surface area contributed by atoms with Gasteiger partial charge in [-0.2, -0.15) is 0 Å². The number of carbonyl (C=O) groups excluding carboxylic acids is 3. The summed E-state index contributed by atoms with van der Waals surface area (Å²) in [6.45, 7) is 1.39. The fourth-order valence-corrected chi connectivity index (χ4v) is 4.94. The number of nitrogens with one attached hydrogen (secondary N) is 1. The zero-order valence-corrected chi connectivity index (χ0v) is 17.9. The summed E-state index contributed by atoms with van der Waals surface area (Å²) in [5.41, 5.74) is 0.936. The largest absolute Gasteiger partial charge is 0.467 e. The lowest BCUT2D eigenvalue weighted by molar-refractivity contribution is -0.152. The van der Waals surface area contributed by atoms with Crippen LogP contribution >= 0.6 is 11.8 Å². The number of benzene rings is 2. The van der Waals surface area contributed by atoms with Gasteiger partial charge >= 0.3 is 5.97 Å². The molecule has 1 aliphatic heterocycles. The smallest absolute Gasteiger partial charge is 0.328 e. The van der Waals surface area contributed by atoms with Crippen molar-refractivity contribution >= 4 is 29.5 Å². The maximum Gasteiger partial charge on any atom is 0.328 e. The summed E-state index contributed by atoms with van der Waals surface area (Å²) >= 11 is 1.55. The van der Waals surface area contributed by atoms with E-state index in [0.29, 0.717) is 19.3 Å². The highest BCUT2D eigenvalue weighted by atomic mass is 32.2. The molecule has 158 valence electrons. The Morgan fingerprint density at radius 3 is 2.30 bits per heavy atom. The highest BCUT2D eigenvalue weighted by Crippen LogP contribution is 2.37. The molecule has 1 fully saturated rings. The third-order valence-corrected chi connectivity index (χ3v) is 6.31. The Morgan fingerprint density at radius 2 is 1.70 bits per heavy atom.